The van der Waals surface area contributed by atoms with E-state index in [9.17, 15) is 22.0 Å². The summed E-state index contributed by atoms with van der Waals surface area (Å²) in [6.45, 7) is 1.27. The van der Waals surface area contributed by atoms with Crippen LogP contribution in [-0.2, 0) is 14.8 Å². The van der Waals surface area contributed by atoms with Gasteiger partial charge in [-0.3, -0.25) is 9.10 Å². The zero-order valence-electron chi connectivity index (χ0n) is 15.8. The van der Waals surface area contributed by atoms with Crippen molar-refractivity contribution in [3.8, 4) is 0 Å². The van der Waals surface area contributed by atoms with Gasteiger partial charge in [-0.15, -0.1) is 0 Å². The van der Waals surface area contributed by atoms with E-state index >= 15 is 0 Å². The zero-order valence-corrected chi connectivity index (χ0v) is 18.2. The van der Waals surface area contributed by atoms with Crippen LogP contribution >= 0.6 is 15.9 Å². The lowest BCUT2D eigenvalue weighted by Gasteiger charge is -2.24. The molecule has 0 unspecified atom stereocenters. The van der Waals surface area contributed by atoms with Gasteiger partial charge in [0.2, 0.25) is 5.91 Å². The van der Waals surface area contributed by atoms with Crippen LogP contribution in [0.5, 0.6) is 0 Å². The van der Waals surface area contributed by atoms with Gasteiger partial charge in [-0.2, -0.15) is 0 Å². The molecule has 0 aliphatic rings. The van der Waals surface area contributed by atoms with E-state index in [1.165, 1.54) is 18.2 Å². The fourth-order valence-electron chi connectivity index (χ4n) is 2.69. The molecule has 0 aromatic heterocycles. The van der Waals surface area contributed by atoms with E-state index in [4.69, 9.17) is 0 Å². The number of nitrogens with zero attached hydrogens (tertiary/aromatic N) is 1. The number of sulfonamides is 1. The third-order valence-corrected chi connectivity index (χ3v) is 6.48. The highest BCUT2D eigenvalue weighted by atomic mass is 79.9. The Morgan fingerprint density at radius 1 is 1.00 bits per heavy atom. The number of hydrogen-bond acceptors (Lipinski definition) is 3. The topological polar surface area (TPSA) is 66.5 Å². The van der Waals surface area contributed by atoms with Gasteiger partial charge in [-0.05, 0) is 49.4 Å². The fourth-order valence-corrected chi connectivity index (χ4v) is 4.49. The van der Waals surface area contributed by atoms with E-state index in [0.717, 1.165) is 22.0 Å². The summed E-state index contributed by atoms with van der Waals surface area (Å²) in [5.41, 5.74) is 1.17. The summed E-state index contributed by atoms with van der Waals surface area (Å²) in [6, 6.07) is 15.6. The summed E-state index contributed by atoms with van der Waals surface area (Å²) in [6.07, 6.45) is 0. The maximum atomic E-state index is 13.4. The van der Waals surface area contributed by atoms with Crippen LogP contribution in [0, 0.1) is 18.6 Å². The molecular formula is C21H17BrF2N2O3S. The number of halogens is 3. The van der Waals surface area contributed by atoms with Crippen LogP contribution in [0.15, 0.2) is 76.1 Å². The monoisotopic (exact) mass is 494 g/mol. The standard InChI is InChI=1S/C21H17BrF2N2O3S/c1-14-5-8-18(9-6-14)30(28,29)26(17-4-2-3-15(22)11-17)13-21(27)25-16-7-10-19(23)20(24)12-16/h2-12H,13H2,1H3,(H,25,27). The van der Waals surface area contributed by atoms with E-state index in [0.29, 0.717) is 4.47 Å². The molecule has 1 N–H and O–H groups in total. The third kappa shape index (κ3) is 5.03. The molecule has 5 nitrogen and oxygen atoms in total. The van der Waals surface area contributed by atoms with Crippen molar-refractivity contribution < 1.29 is 22.0 Å². The lowest BCUT2D eigenvalue weighted by Crippen LogP contribution is -2.38. The van der Waals surface area contributed by atoms with Gasteiger partial charge in [0.1, 0.15) is 6.54 Å². The second-order valence-corrected chi connectivity index (χ2v) is 9.26. The van der Waals surface area contributed by atoms with Crippen molar-refractivity contribution in [2.24, 2.45) is 0 Å². The van der Waals surface area contributed by atoms with Crippen LogP contribution < -0.4 is 9.62 Å². The van der Waals surface area contributed by atoms with Crippen molar-refractivity contribution in [3.05, 3.63) is 88.4 Å². The minimum atomic E-state index is -4.07. The van der Waals surface area contributed by atoms with Crippen molar-refractivity contribution in [2.45, 2.75) is 11.8 Å². The number of carbonyl (C=O) groups excluding carboxylic acids is 1. The minimum absolute atomic E-state index is 0.0147. The summed E-state index contributed by atoms with van der Waals surface area (Å²) < 4.78 is 54.6. The van der Waals surface area contributed by atoms with E-state index in [1.807, 2.05) is 6.92 Å². The van der Waals surface area contributed by atoms with Gasteiger partial charge in [0.15, 0.2) is 11.6 Å². The smallest absolute Gasteiger partial charge is 0.264 e. The predicted molar refractivity (Wildman–Crippen MR) is 115 cm³/mol. The Morgan fingerprint density at radius 2 is 1.70 bits per heavy atom. The molecule has 3 aromatic carbocycles. The number of aryl methyl sites for hydroxylation is 1. The SMILES string of the molecule is Cc1ccc(S(=O)(=O)N(CC(=O)Nc2ccc(F)c(F)c2)c2cccc(Br)c2)cc1. The van der Waals surface area contributed by atoms with Crippen LogP contribution in [0.3, 0.4) is 0 Å². The number of anilines is 2. The highest BCUT2D eigenvalue weighted by Gasteiger charge is 2.27. The molecule has 0 heterocycles. The van der Waals surface area contributed by atoms with Crippen molar-refractivity contribution >= 4 is 43.2 Å². The van der Waals surface area contributed by atoms with Gasteiger partial charge >= 0.3 is 0 Å². The molecule has 0 saturated heterocycles. The van der Waals surface area contributed by atoms with Crippen molar-refractivity contribution in [2.75, 3.05) is 16.2 Å². The predicted octanol–water partition coefficient (Wildman–Crippen LogP) is 4.87. The van der Waals surface area contributed by atoms with Gasteiger partial charge < -0.3 is 5.32 Å². The first-order chi connectivity index (χ1) is 14.2. The maximum Gasteiger partial charge on any atom is 0.264 e. The molecular weight excluding hydrogens is 478 g/mol. The first kappa shape index (κ1) is 21.9. The maximum absolute atomic E-state index is 13.4. The largest absolute Gasteiger partial charge is 0.324 e. The molecule has 0 atom stereocenters. The normalized spacial score (nSPS) is 11.2. The van der Waals surface area contributed by atoms with Gasteiger partial charge in [-0.1, -0.05) is 39.7 Å². The molecule has 0 aliphatic heterocycles. The average Bonchev–Trinajstić information content (AvgIpc) is 2.69. The van der Waals surface area contributed by atoms with E-state index in [2.05, 4.69) is 21.2 Å². The lowest BCUT2D eigenvalue weighted by molar-refractivity contribution is -0.114. The summed E-state index contributed by atoms with van der Waals surface area (Å²) in [5.74, 6) is -2.88. The Balaban J connectivity index is 1.94. The van der Waals surface area contributed by atoms with Crippen LogP contribution in [0.1, 0.15) is 5.56 Å². The Kier molecular flexibility index (Phi) is 6.52. The number of nitrogens with one attached hydrogen (secondary N) is 1. The van der Waals surface area contributed by atoms with Crippen LogP contribution in [0.4, 0.5) is 20.2 Å². The highest BCUT2D eigenvalue weighted by Crippen LogP contribution is 2.26. The minimum Gasteiger partial charge on any atom is -0.324 e. The number of rotatable bonds is 6. The van der Waals surface area contributed by atoms with Gasteiger partial charge in [0.05, 0.1) is 10.6 Å². The molecule has 0 spiro atoms. The van der Waals surface area contributed by atoms with Crippen LogP contribution in [-0.4, -0.2) is 20.9 Å². The fraction of sp³-hybridized carbons (Fsp3) is 0.0952. The van der Waals surface area contributed by atoms with E-state index < -0.39 is 34.1 Å². The summed E-state index contributed by atoms with van der Waals surface area (Å²) in [4.78, 5) is 12.6. The number of carbonyl (C=O) groups is 1. The number of hydrogen-bond donors (Lipinski definition) is 1. The van der Waals surface area contributed by atoms with Crippen LogP contribution in [0.25, 0.3) is 0 Å². The molecule has 0 radical (unpaired) electrons. The zero-order chi connectivity index (χ0) is 21.9. The van der Waals surface area contributed by atoms with Crippen LogP contribution in [0.2, 0.25) is 0 Å². The molecule has 9 heteroatoms. The molecule has 0 saturated carbocycles. The lowest BCUT2D eigenvalue weighted by atomic mass is 10.2. The van der Waals surface area contributed by atoms with Gasteiger partial charge in [-0.25, -0.2) is 17.2 Å². The van der Waals surface area contributed by atoms with E-state index in [-0.39, 0.29) is 16.3 Å². The quantitative estimate of drug-likeness (QED) is 0.531. The first-order valence-electron chi connectivity index (χ1n) is 8.77. The summed E-state index contributed by atoms with van der Waals surface area (Å²) in [7, 11) is -4.07. The molecule has 1 amide bonds. The molecule has 3 rings (SSSR count). The summed E-state index contributed by atoms with van der Waals surface area (Å²) >= 11 is 3.30. The Hall–Kier alpha value is -2.78. The molecule has 30 heavy (non-hydrogen) atoms. The highest BCUT2D eigenvalue weighted by molar-refractivity contribution is 9.10. The number of amides is 1. The van der Waals surface area contributed by atoms with Gasteiger partial charge in [0, 0.05) is 16.2 Å². The van der Waals surface area contributed by atoms with Gasteiger partial charge in [0.25, 0.3) is 10.0 Å². The van der Waals surface area contributed by atoms with Crippen molar-refractivity contribution in [3.63, 3.8) is 0 Å². The third-order valence-electron chi connectivity index (χ3n) is 4.20. The molecule has 0 bridgehead atoms. The Labute approximate surface area is 181 Å². The Bertz CT molecular complexity index is 1190. The molecule has 3 aromatic rings. The van der Waals surface area contributed by atoms with E-state index in [1.54, 1.807) is 36.4 Å². The number of benzene rings is 3. The second-order valence-electron chi connectivity index (χ2n) is 6.48. The van der Waals surface area contributed by atoms with Crippen molar-refractivity contribution in [1.82, 2.24) is 0 Å². The average molecular weight is 495 g/mol. The molecule has 156 valence electrons. The summed E-state index contributed by atoms with van der Waals surface area (Å²) in [5, 5.41) is 2.39. The molecule has 0 aliphatic carbocycles. The Morgan fingerprint density at radius 3 is 2.33 bits per heavy atom. The first-order valence-corrected chi connectivity index (χ1v) is 11.0. The van der Waals surface area contributed by atoms with Crippen molar-refractivity contribution in [1.29, 1.82) is 0 Å². The molecule has 0 fully saturated rings. The second kappa shape index (κ2) is 8.93.